The van der Waals surface area contributed by atoms with E-state index in [9.17, 15) is 18.0 Å². The Morgan fingerprint density at radius 2 is 2.26 bits per heavy atom. The van der Waals surface area contributed by atoms with Crippen molar-refractivity contribution in [2.24, 2.45) is 5.92 Å². The molecule has 1 aromatic heterocycles. The van der Waals surface area contributed by atoms with Gasteiger partial charge >= 0.3 is 12.3 Å². The van der Waals surface area contributed by atoms with Gasteiger partial charge < -0.3 is 10.4 Å². The maximum Gasteiger partial charge on any atom is 0.504 e. The molecule has 2 rings (SSSR count). The minimum absolute atomic E-state index is 0.365. The highest BCUT2D eigenvalue weighted by molar-refractivity contribution is 5.86. The van der Waals surface area contributed by atoms with Gasteiger partial charge in [0.1, 0.15) is 0 Å². The quantitative estimate of drug-likeness (QED) is 0.825. The standard InChI is InChI=1S/C6H13N.C5H3F3N2O2/c1-6-3-2-4-7-5-6;6-5(7,8)10-2-3(1-9-10)4(11)12/h6-7H,2-5H2,1H3;1-2H,(H,11,12). The summed E-state index contributed by atoms with van der Waals surface area (Å²) in [6, 6.07) is 0. The van der Waals surface area contributed by atoms with Gasteiger partial charge in [0.05, 0.1) is 11.8 Å². The van der Waals surface area contributed by atoms with Crippen molar-refractivity contribution < 1.29 is 23.1 Å². The van der Waals surface area contributed by atoms with Gasteiger partial charge in [0.25, 0.3) is 0 Å². The zero-order valence-electron chi connectivity index (χ0n) is 10.4. The molecule has 1 aliphatic heterocycles. The van der Waals surface area contributed by atoms with Gasteiger partial charge in [0.2, 0.25) is 0 Å². The highest BCUT2D eigenvalue weighted by Gasteiger charge is 2.32. The molecular weight excluding hydrogens is 263 g/mol. The van der Waals surface area contributed by atoms with Crippen LogP contribution in [0.4, 0.5) is 13.2 Å². The molecule has 0 amide bonds. The predicted molar refractivity (Wildman–Crippen MR) is 61.8 cm³/mol. The third-order valence-corrected chi connectivity index (χ3v) is 2.63. The van der Waals surface area contributed by atoms with Gasteiger partial charge in [-0.2, -0.15) is 9.78 Å². The second-order valence-corrected chi connectivity index (χ2v) is 4.40. The maximum absolute atomic E-state index is 11.8. The molecule has 1 fully saturated rings. The van der Waals surface area contributed by atoms with E-state index < -0.39 is 17.8 Å². The molecule has 19 heavy (non-hydrogen) atoms. The van der Waals surface area contributed by atoms with Crippen molar-refractivity contribution in [3.8, 4) is 0 Å². The van der Waals surface area contributed by atoms with Crippen molar-refractivity contribution in [1.82, 2.24) is 15.1 Å². The molecule has 1 saturated heterocycles. The van der Waals surface area contributed by atoms with Gasteiger partial charge in [0.15, 0.2) is 0 Å². The number of nitrogens with zero attached hydrogens (tertiary/aromatic N) is 2. The van der Waals surface area contributed by atoms with Gasteiger partial charge in [-0.1, -0.05) is 6.92 Å². The van der Waals surface area contributed by atoms with E-state index in [4.69, 9.17) is 5.11 Å². The zero-order chi connectivity index (χ0) is 14.5. The maximum atomic E-state index is 11.8. The van der Waals surface area contributed by atoms with Crippen LogP contribution < -0.4 is 5.32 Å². The fourth-order valence-electron chi connectivity index (χ4n) is 1.60. The van der Waals surface area contributed by atoms with Gasteiger partial charge in [-0.25, -0.2) is 4.79 Å². The number of piperidine rings is 1. The van der Waals surface area contributed by atoms with Crippen LogP contribution in [0.2, 0.25) is 0 Å². The van der Waals surface area contributed by atoms with E-state index in [1.54, 1.807) is 0 Å². The Hall–Kier alpha value is -1.57. The summed E-state index contributed by atoms with van der Waals surface area (Å²) in [4.78, 5) is 10.1. The molecule has 2 heterocycles. The fourth-order valence-corrected chi connectivity index (χ4v) is 1.60. The minimum atomic E-state index is -4.66. The van der Waals surface area contributed by atoms with Crippen LogP contribution in [-0.4, -0.2) is 33.9 Å². The number of hydrogen-bond donors (Lipinski definition) is 2. The van der Waals surface area contributed by atoms with Gasteiger partial charge in [-0.15, -0.1) is 13.2 Å². The molecule has 1 unspecified atom stereocenters. The first-order chi connectivity index (χ1) is 8.80. The van der Waals surface area contributed by atoms with Crippen LogP contribution in [0.3, 0.4) is 0 Å². The van der Waals surface area contributed by atoms with Crippen LogP contribution in [0.15, 0.2) is 12.4 Å². The minimum Gasteiger partial charge on any atom is -0.478 e. The van der Waals surface area contributed by atoms with Crippen molar-refractivity contribution in [3.63, 3.8) is 0 Å². The van der Waals surface area contributed by atoms with E-state index in [1.165, 1.54) is 25.9 Å². The normalized spacial score (nSPS) is 19.5. The van der Waals surface area contributed by atoms with E-state index in [-0.39, 0.29) is 4.68 Å². The highest BCUT2D eigenvalue weighted by atomic mass is 19.4. The molecule has 5 nitrogen and oxygen atoms in total. The van der Waals surface area contributed by atoms with Crippen molar-refractivity contribution >= 4 is 5.97 Å². The van der Waals surface area contributed by atoms with E-state index >= 15 is 0 Å². The predicted octanol–water partition coefficient (Wildman–Crippen LogP) is 2.06. The number of carbonyl (C=O) groups is 1. The lowest BCUT2D eigenvalue weighted by Gasteiger charge is -2.17. The summed E-state index contributed by atoms with van der Waals surface area (Å²) in [5.41, 5.74) is -0.493. The Kier molecular flexibility index (Phi) is 5.34. The summed E-state index contributed by atoms with van der Waals surface area (Å²) < 4.78 is 35.0. The summed E-state index contributed by atoms with van der Waals surface area (Å²) in [7, 11) is 0. The molecule has 0 aliphatic carbocycles. The number of carboxylic acids is 1. The summed E-state index contributed by atoms with van der Waals surface area (Å²) in [6.07, 6.45) is -0.819. The molecular formula is C11H16F3N3O2. The average molecular weight is 279 g/mol. The molecule has 108 valence electrons. The van der Waals surface area contributed by atoms with E-state index in [0.29, 0.717) is 12.4 Å². The Morgan fingerprint density at radius 3 is 2.53 bits per heavy atom. The smallest absolute Gasteiger partial charge is 0.478 e. The molecule has 8 heteroatoms. The lowest BCUT2D eigenvalue weighted by Crippen LogP contribution is -2.27. The Balaban J connectivity index is 0.000000218. The number of halogens is 3. The van der Waals surface area contributed by atoms with Crippen LogP contribution in [0, 0.1) is 5.92 Å². The van der Waals surface area contributed by atoms with Gasteiger partial charge in [-0.05, 0) is 31.8 Å². The van der Waals surface area contributed by atoms with Gasteiger partial charge in [0, 0.05) is 6.20 Å². The number of nitrogens with one attached hydrogen (secondary N) is 1. The molecule has 1 aromatic rings. The van der Waals surface area contributed by atoms with Crippen LogP contribution in [0.25, 0.3) is 0 Å². The van der Waals surface area contributed by atoms with Crippen molar-refractivity contribution in [2.75, 3.05) is 13.1 Å². The molecule has 0 saturated carbocycles. The van der Waals surface area contributed by atoms with Crippen LogP contribution in [-0.2, 0) is 6.30 Å². The summed E-state index contributed by atoms with van der Waals surface area (Å²) in [5.74, 6) is -0.515. The van der Waals surface area contributed by atoms with Crippen molar-refractivity contribution in [3.05, 3.63) is 18.0 Å². The first kappa shape index (κ1) is 15.5. The highest BCUT2D eigenvalue weighted by Crippen LogP contribution is 2.20. The average Bonchev–Trinajstić information content (AvgIpc) is 2.79. The third-order valence-electron chi connectivity index (χ3n) is 2.63. The Bertz CT molecular complexity index is 412. The second-order valence-electron chi connectivity index (χ2n) is 4.40. The lowest BCUT2D eigenvalue weighted by atomic mass is 10.0. The first-order valence-electron chi connectivity index (χ1n) is 5.86. The number of hydrogen-bond acceptors (Lipinski definition) is 3. The molecule has 0 aromatic carbocycles. The van der Waals surface area contributed by atoms with E-state index in [0.717, 1.165) is 5.92 Å². The lowest BCUT2D eigenvalue weighted by molar-refractivity contribution is -0.212. The van der Waals surface area contributed by atoms with Crippen LogP contribution in [0.5, 0.6) is 0 Å². The first-order valence-corrected chi connectivity index (χ1v) is 5.86. The molecule has 0 bridgehead atoms. The monoisotopic (exact) mass is 279 g/mol. The van der Waals surface area contributed by atoms with Crippen LogP contribution >= 0.6 is 0 Å². The van der Waals surface area contributed by atoms with Crippen LogP contribution in [0.1, 0.15) is 30.1 Å². The molecule has 2 N–H and O–H groups in total. The molecule has 1 aliphatic rings. The summed E-state index contributed by atoms with van der Waals surface area (Å²) in [6.45, 7) is 4.77. The largest absolute Gasteiger partial charge is 0.504 e. The SMILES string of the molecule is CC1CCCNC1.O=C(O)c1cnn(C(F)(F)F)c1. The number of rotatable bonds is 1. The number of carboxylic acid groups (broad SMARTS) is 1. The van der Waals surface area contributed by atoms with Crippen molar-refractivity contribution in [1.29, 1.82) is 0 Å². The Morgan fingerprint density at radius 1 is 1.58 bits per heavy atom. The molecule has 0 radical (unpaired) electrons. The summed E-state index contributed by atoms with van der Waals surface area (Å²) in [5, 5.41) is 14.4. The number of aromatic carboxylic acids is 1. The topological polar surface area (TPSA) is 67.2 Å². The van der Waals surface area contributed by atoms with Crippen molar-refractivity contribution in [2.45, 2.75) is 26.1 Å². The zero-order valence-corrected chi connectivity index (χ0v) is 10.4. The van der Waals surface area contributed by atoms with E-state index in [1.807, 2.05) is 0 Å². The molecule has 0 spiro atoms. The molecule has 1 atom stereocenters. The third kappa shape index (κ3) is 5.29. The Labute approximate surface area is 108 Å². The van der Waals surface area contributed by atoms with Gasteiger partial charge in [-0.3, -0.25) is 0 Å². The fraction of sp³-hybridized carbons (Fsp3) is 0.636. The summed E-state index contributed by atoms with van der Waals surface area (Å²) >= 11 is 0. The number of alkyl halides is 3. The number of aromatic nitrogens is 2. The van der Waals surface area contributed by atoms with E-state index in [2.05, 4.69) is 17.3 Å². The second kappa shape index (κ2) is 6.55.